The van der Waals surface area contributed by atoms with Gasteiger partial charge < -0.3 is 20.5 Å². The van der Waals surface area contributed by atoms with E-state index < -0.39 is 6.10 Å². The summed E-state index contributed by atoms with van der Waals surface area (Å²) < 4.78 is 11.5. The molecule has 27 heavy (non-hydrogen) atoms. The highest BCUT2D eigenvalue weighted by Crippen LogP contribution is 2.25. The van der Waals surface area contributed by atoms with E-state index in [0.717, 1.165) is 11.3 Å². The van der Waals surface area contributed by atoms with Crippen LogP contribution in [-0.2, 0) is 16.6 Å². The van der Waals surface area contributed by atoms with Gasteiger partial charge in [0.15, 0.2) is 6.10 Å². The smallest absolute Gasteiger partial charge is 0.261 e. The van der Waals surface area contributed by atoms with E-state index >= 15 is 0 Å². The second-order valence-electron chi connectivity index (χ2n) is 7.48. The van der Waals surface area contributed by atoms with Crippen LogP contribution in [-0.4, -0.2) is 32.2 Å². The van der Waals surface area contributed by atoms with Crippen molar-refractivity contribution >= 4 is 5.91 Å². The summed E-state index contributed by atoms with van der Waals surface area (Å²) in [5.41, 5.74) is 7.73. The summed E-state index contributed by atoms with van der Waals surface area (Å²) in [5, 5.41) is 2.68. The summed E-state index contributed by atoms with van der Waals surface area (Å²) in [6.07, 6.45) is -0.135. The Balaban J connectivity index is 2.08. The zero-order valence-corrected chi connectivity index (χ0v) is 16.6. The molecule has 0 aliphatic carbocycles. The van der Waals surface area contributed by atoms with Crippen molar-refractivity contribution < 1.29 is 14.3 Å². The molecule has 1 amide bonds. The van der Waals surface area contributed by atoms with Gasteiger partial charge in [0, 0.05) is 20.0 Å². The number of nitrogens with one attached hydrogen (secondary N) is 1. The molecule has 0 saturated carbocycles. The van der Waals surface area contributed by atoms with Crippen LogP contribution in [0.2, 0.25) is 0 Å². The van der Waals surface area contributed by atoms with Crippen LogP contribution in [0, 0.1) is 0 Å². The van der Waals surface area contributed by atoms with Crippen molar-refractivity contribution in [3.8, 4) is 11.5 Å². The lowest BCUT2D eigenvalue weighted by Crippen LogP contribution is -2.38. The van der Waals surface area contributed by atoms with E-state index in [-0.39, 0.29) is 11.3 Å². The highest BCUT2D eigenvalue weighted by molar-refractivity contribution is 5.81. The van der Waals surface area contributed by atoms with Gasteiger partial charge in [0.1, 0.15) is 18.1 Å². The van der Waals surface area contributed by atoms with E-state index in [9.17, 15) is 4.79 Å². The Hall–Kier alpha value is -2.53. The lowest BCUT2D eigenvalue weighted by atomic mass is 9.87. The van der Waals surface area contributed by atoms with Crippen LogP contribution in [0.1, 0.15) is 31.9 Å². The van der Waals surface area contributed by atoms with Gasteiger partial charge in [0.2, 0.25) is 0 Å². The van der Waals surface area contributed by atoms with Crippen molar-refractivity contribution in [3.05, 3.63) is 59.7 Å². The number of benzene rings is 2. The molecule has 0 radical (unpaired) electrons. The molecule has 0 aliphatic heterocycles. The molecule has 0 aromatic heterocycles. The number of ether oxygens (including phenoxy) is 2. The monoisotopic (exact) mass is 370 g/mol. The van der Waals surface area contributed by atoms with Gasteiger partial charge in [0.25, 0.3) is 5.91 Å². The molecular formula is C22H30N2O3. The Bertz CT molecular complexity index is 719. The predicted molar refractivity (Wildman–Crippen MR) is 108 cm³/mol. The third-order valence-electron chi connectivity index (χ3n) is 4.27. The lowest BCUT2D eigenvalue weighted by molar-refractivity contribution is -0.127. The number of nitrogens with two attached hydrogens (primary N) is 1. The molecule has 3 N–H and O–H groups in total. The Kier molecular flexibility index (Phi) is 7.25. The van der Waals surface area contributed by atoms with Crippen LogP contribution in [0.5, 0.6) is 11.5 Å². The van der Waals surface area contributed by atoms with Gasteiger partial charge in [-0.1, -0.05) is 45.0 Å². The third kappa shape index (κ3) is 6.29. The second kappa shape index (κ2) is 9.42. The predicted octanol–water partition coefficient (Wildman–Crippen LogP) is 3.06. The highest BCUT2D eigenvalue weighted by Gasteiger charge is 2.20. The molecule has 5 nitrogen and oxygen atoms in total. The normalized spacial score (nSPS) is 12.3. The summed E-state index contributed by atoms with van der Waals surface area (Å²) >= 11 is 0. The van der Waals surface area contributed by atoms with E-state index in [1.807, 2.05) is 48.5 Å². The number of rotatable bonds is 8. The fraction of sp³-hybridized carbons (Fsp3) is 0.409. The van der Waals surface area contributed by atoms with Gasteiger partial charge in [-0.3, -0.25) is 4.79 Å². The summed E-state index contributed by atoms with van der Waals surface area (Å²) in [6, 6.07) is 15.6. The van der Waals surface area contributed by atoms with E-state index in [1.54, 1.807) is 7.05 Å². The van der Waals surface area contributed by atoms with Crippen LogP contribution >= 0.6 is 0 Å². The zero-order chi connectivity index (χ0) is 19.9. The van der Waals surface area contributed by atoms with Crippen LogP contribution in [0.3, 0.4) is 0 Å². The minimum Gasteiger partial charge on any atom is -0.492 e. The Labute approximate surface area is 161 Å². The van der Waals surface area contributed by atoms with Crippen molar-refractivity contribution in [2.75, 3.05) is 20.2 Å². The maximum absolute atomic E-state index is 12.3. The molecule has 1 unspecified atom stereocenters. The van der Waals surface area contributed by atoms with Gasteiger partial charge in [-0.2, -0.15) is 0 Å². The second-order valence-corrected chi connectivity index (χ2v) is 7.48. The van der Waals surface area contributed by atoms with Crippen molar-refractivity contribution in [2.24, 2.45) is 5.73 Å². The van der Waals surface area contributed by atoms with Gasteiger partial charge in [-0.05, 0) is 40.8 Å². The molecule has 0 saturated heterocycles. The molecule has 1 atom stereocenters. The maximum Gasteiger partial charge on any atom is 0.261 e. The van der Waals surface area contributed by atoms with Crippen molar-refractivity contribution in [1.82, 2.24) is 5.32 Å². The Morgan fingerprint density at radius 2 is 1.63 bits per heavy atom. The summed E-state index contributed by atoms with van der Waals surface area (Å²) in [6.45, 7) is 7.45. The number of likely N-dealkylation sites (N-methyl/N-ethyl adjacent to an activating group) is 1. The first-order valence-corrected chi connectivity index (χ1v) is 9.24. The number of hydrogen-bond acceptors (Lipinski definition) is 4. The third-order valence-corrected chi connectivity index (χ3v) is 4.27. The SMILES string of the molecule is CNC(=O)C(Cc1ccc(OCCN)cc1)Oc1ccc(C(C)(C)C)cc1. The van der Waals surface area contributed by atoms with E-state index in [1.165, 1.54) is 5.56 Å². The molecule has 0 bridgehead atoms. The minimum atomic E-state index is -0.605. The molecule has 2 rings (SSSR count). The van der Waals surface area contributed by atoms with E-state index in [4.69, 9.17) is 15.2 Å². The van der Waals surface area contributed by atoms with Crippen LogP contribution in [0.25, 0.3) is 0 Å². The van der Waals surface area contributed by atoms with Gasteiger partial charge in [-0.25, -0.2) is 0 Å². The Morgan fingerprint density at radius 1 is 1.04 bits per heavy atom. The molecule has 146 valence electrons. The average Bonchev–Trinajstić information content (AvgIpc) is 2.66. The minimum absolute atomic E-state index is 0.0758. The van der Waals surface area contributed by atoms with Gasteiger partial charge in [-0.15, -0.1) is 0 Å². The van der Waals surface area contributed by atoms with Crippen LogP contribution in [0.15, 0.2) is 48.5 Å². The summed E-state index contributed by atoms with van der Waals surface area (Å²) in [5.74, 6) is 1.29. The molecular weight excluding hydrogens is 340 g/mol. The average molecular weight is 370 g/mol. The molecule has 2 aromatic carbocycles. The molecule has 2 aromatic rings. The zero-order valence-electron chi connectivity index (χ0n) is 16.6. The summed E-state index contributed by atoms with van der Waals surface area (Å²) in [7, 11) is 1.62. The number of carbonyl (C=O) groups excluding carboxylic acids is 1. The maximum atomic E-state index is 12.3. The van der Waals surface area contributed by atoms with Crippen molar-refractivity contribution in [2.45, 2.75) is 38.7 Å². The topological polar surface area (TPSA) is 73.6 Å². The van der Waals surface area contributed by atoms with Crippen LogP contribution < -0.4 is 20.5 Å². The largest absolute Gasteiger partial charge is 0.492 e. The van der Waals surface area contributed by atoms with Gasteiger partial charge >= 0.3 is 0 Å². The van der Waals surface area contributed by atoms with Gasteiger partial charge in [0.05, 0.1) is 0 Å². The van der Waals surface area contributed by atoms with Crippen molar-refractivity contribution in [3.63, 3.8) is 0 Å². The Morgan fingerprint density at radius 3 is 2.15 bits per heavy atom. The number of carbonyl (C=O) groups is 1. The fourth-order valence-corrected chi connectivity index (χ4v) is 2.66. The summed E-state index contributed by atoms with van der Waals surface area (Å²) in [4.78, 5) is 12.3. The fourth-order valence-electron chi connectivity index (χ4n) is 2.66. The molecule has 0 fully saturated rings. The molecule has 0 aliphatic rings. The molecule has 0 heterocycles. The van der Waals surface area contributed by atoms with Crippen LogP contribution in [0.4, 0.5) is 0 Å². The first kappa shape index (κ1) is 20.8. The van der Waals surface area contributed by atoms with E-state index in [2.05, 4.69) is 26.1 Å². The highest BCUT2D eigenvalue weighted by atomic mass is 16.5. The quantitative estimate of drug-likeness (QED) is 0.749. The molecule has 5 heteroatoms. The number of hydrogen-bond donors (Lipinski definition) is 2. The number of amides is 1. The lowest BCUT2D eigenvalue weighted by Gasteiger charge is -2.21. The standard InChI is InChI=1S/C22H30N2O3/c1-22(2,3)17-7-11-19(12-8-17)27-20(21(25)24-4)15-16-5-9-18(10-6-16)26-14-13-23/h5-12,20H,13-15,23H2,1-4H3,(H,24,25). The van der Waals surface area contributed by atoms with E-state index in [0.29, 0.717) is 25.3 Å². The molecule has 0 spiro atoms. The first-order chi connectivity index (χ1) is 12.8. The first-order valence-electron chi connectivity index (χ1n) is 9.24. The van der Waals surface area contributed by atoms with Crippen molar-refractivity contribution in [1.29, 1.82) is 0 Å².